The van der Waals surface area contributed by atoms with Crippen LogP contribution in [0.25, 0.3) is 11.5 Å². The van der Waals surface area contributed by atoms with Gasteiger partial charge in [0.2, 0.25) is 0 Å². The van der Waals surface area contributed by atoms with Crippen molar-refractivity contribution < 1.29 is 23.6 Å². The van der Waals surface area contributed by atoms with Crippen LogP contribution in [0.5, 0.6) is 0 Å². The van der Waals surface area contributed by atoms with Crippen LogP contribution in [0.15, 0.2) is 28.8 Å². The average molecular weight is 276 g/mol. The van der Waals surface area contributed by atoms with Gasteiger partial charge in [0, 0.05) is 5.56 Å². The number of hydrogen-bond acceptors (Lipinski definition) is 7. The summed E-state index contributed by atoms with van der Waals surface area (Å²) in [5.41, 5.74) is 0.988. The van der Waals surface area contributed by atoms with Crippen molar-refractivity contribution in [2.45, 2.75) is 6.92 Å². The van der Waals surface area contributed by atoms with Gasteiger partial charge in [-0.2, -0.15) is 4.98 Å². The van der Waals surface area contributed by atoms with E-state index in [4.69, 9.17) is 9.26 Å². The van der Waals surface area contributed by atoms with Gasteiger partial charge >= 0.3 is 11.9 Å². The fourth-order valence-corrected chi connectivity index (χ4v) is 1.49. The first kappa shape index (κ1) is 13.7. The van der Waals surface area contributed by atoms with Crippen LogP contribution in [0.3, 0.4) is 0 Å². The van der Waals surface area contributed by atoms with Crippen molar-refractivity contribution in [3.8, 4) is 11.5 Å². The van der Waals surface area contributed by atoms with E-state index >= 15 is 0 Å². The first-order valence-corrected chi connectivity index (χ1v) is 5.85. The SMILES string of the molecule is CCOC(=O)c1noc(-c2ccc(C(=O)OC)cc2)n1. The molecule has 0 amide bonds. The fraction of sp³-hybridized carbons (Fsp3) is 0.231. The maximum atomic E-state index is 11.4. The third-order valence-electron chi connectivity index (χ3n) is 2.44. The molecule has 0 unspecified atom stereocenters. The Morgan fingerprint density at radius 1 is 1.20 bits per heavy atom. The van der Waals surface area contributed by atoms with Gasteiger partial charge in [0.25, 0.3) is 11.7 Å². The highest BCUT2D eigenvalue weighted by atomic mass is 16.5. The van der Waals surface area contributed by atoms with Crippen LogP contribution in [0.2, 0.25) is 0 Å². The number of esters is 2. The summed E-state index contributed by atoms with van der Waals surface area (Å²) in [4.78, 5) is 26.6. The molecule has 1 aromatic carbocycles. The lowest BCUT2D eigenvalue weighted by atomic mass is 10.1. The summed E-state index contributed by atoms with van der Waals surface area (Å²) in [7, 11) is 1.31. The van der Waals surface area contributed by atoms with E-state index in [1.165, 1.54) is 7.11 Å². The molecule has 0 radical (unpaired) electrons. The number of methoxy groups -OCH3 is 1. The second kappa shape index (κ2) is 5.96. The molecule has 7 heteroatoms. The molecule has 104 valence electrons. The molecular formula is C13H12N2O5. The van der Waals surface area contributed by atoms with Gasteiger partial charge in [-0.3, -0.25) is 0 Å². The maximum Gasteiger partial charge on any atom is 0.379 e. The van der Waals surface area contributed by atoms with Crippen molar-refractivity contribution >= 4 is 11.9 Å². The molecule has 1 aromatic heterocycles. The van der Waals surface area contributed by atoms with E-state index in [1.807, 2.05) is 0 Å². The zero-order valence-electron chi connectivity index (χ0n) is 11.0. The Bertz CT molecular complexity index is 618. The lowest BCUT2D eigenvalue weighted by molar-refractivity contribution is 0.0507. The minimum Gasteiger partial charge on any atom is -0.465 e. The van der Waals surface area contributed by atoms with Crippen LogP contribution in [-0.2, 0) is 9.47 Å². The first-order chi connectivity index (χ1) is 9.65. The van der Waals surface area contributed by atoms with Gasteiger partial charge < -0.3 is 14.0 Å². The van der Waals surface area contributed by atoms with Crippen LogP contribution in [-0.4, -0.2) is 35.8 Å². The zero-order chi connectivity index (χ0) is 14.5. The van der Waals surface area contributed by atoms with Crippen molar-refractivity contribution in [2.24, 2.45) is 0 Å². The second-order valence-corrected chi connectivity index (χ2v) is 3.71. The molecule has 7 nitrogen and oxygen atoms in total. The van der Waals surface area contributed by atoms with Gasteiger partial charge in [-0.1, -0.05) is 0 Å². The lowest BCUT2D eigenvalue weighted by Gasteiger charge is -1.99. The Balaban J connectivity index is 2.20. The number of benzene rings is 1. The monoisotopic (exact) mass is 276 g/mol. The molecular weight excluding hydrogens is 264 g/mol. The molecule has 1 heterocycles. The molecule has 0 atom stereocenters. The van der Waals surface area contributed by atoms with Gasteiger partial charge in [-0.25, -0.2) is 9.59 Å². The Kier molecular flexibility index (Phi) is 4.09. The van der Waals surface area contributed by atoms with Crippen LogP contribution < -0.4 is 0 Å². The van der Waals surface area contributed by atoms with E-state index in [1.54, 1.807) is 31.2 Å². The number of aromatic nitrogens is 2. The number of ether oxygens (including phenoxy) is 2. The summed E-state index contributed by atoms with van der Waals surface area (Å²) in [6.45, 7) is 1.92. The van der Waals surface area contributed by atoms with E-state index in [9.17, 15) is 9.59 Å². The molecule has 2 aromatic rings. The second-order valence-electron chi connectivity index (χ2n) is 3.71. The molecule has 0 aliphatic heterocycles. The molecule has 0 aliphatic carbocycles. The van der Waals surface area contributed by atoms with Gasteiger partial charge in [0.05, 0.1) is 19.3 Å². The van der Waals surface area contributed by atoms with Crippen LogP contribution in [0.4, 0.5) is 0 Å². The normalized spacial score (nSPS) is 10.1. The molecule has 0 N–H and O–H groups in total. The Labute approximate surface area is 114 Å². The summed E-state index contributed by atoms with van der Waals surface area (Å²) in [5, 5.41) is 3.53. The number of rotatable bonds is 4. The third kappa shape index (κ3) is 2.82. The summed E-state index contributed by atoms with van der Waals surface area (Å²) in [6, 6.07) is 6.37. The van der Waals surface area contributed by atoms with Crippen LogP contribution in [0.1, 0.15) is 27.9 Å². The van der Waals surface area contributed by atoms with Gasteiger partial charge in [0.15, 0.2) is 0 Å². The van der Waals surface area contributed by atoms with Gasteiger partial charge in [-0.15, -0.1) is 0 Å². The van der Waals surface area contributed by atoms with Crippen molar-refractivity contribution in [1.82, 2.24) is 10.1 Å². The number of carbonyl (C=O) groups excluding carboxylic acids is 2. The zero-order valence-corrected chi connectivity index (χ0v) is 11.0. The van der Waals surface area contributed by atoms with E-state index in [0.29, 0.717) is 11.1 Å². The standard InChI is InChI=1S/C13H12N2O5/c1-3-19-13(17)10-14-11(20-15-10)8-4-6-9(7-5-8)12(16)18-2/h4-7H,3H2,1-2H3. The smallest absolute Gasteiger partial charge is 0.379 e. The highest BCUT2D eigenvalue weighted by molar-refractivity contribution is 5.90. The average Bonchev–Trinajstić information content (AvgIpc) is 2.97. The van der Waals surface area contributed by atoms with E-state index in [0.717, 1.165) is 0 Å². The Morgan fingerprint density at radius 3 is 2.50 bits per heavy atom. The first-order valence-electron chi connectivity index (χ1n) is 5.85. The van der Waals surface area contributed by atoms with Crippen LogP contribution in [0, 0.1) is 0 Å². The fourth-order valence-electron chi connectivity index (χ4n) is 1.49. The van der Waals surface area contributed by atoms with Crippen molar-refractivity contribution in [1.29, 1.82) is 0 Å². The molecule has 2 rings (SSSR count). The van der Waals surface area contributed by atoms with Crippen molar-refractivity contribution in [3.05, 3.63) is 35.7 Å². The van der Waals surface area contributed by atoms with Crippen molar-refractivity contribution in [2.75, 3.05) is 13.7 Å². The van der Waals surface area contributed by atoms with Crippen molar-refractivity contribution in [3.63, 3.8) is 0 Å². The molecule has 0 saturated carbocycles. The van der Waals surface area contributed by atoms with E-state index < -0.39 is 11.9 Å². The molecule has 0 fully saturated rings. The number of nitrogens with zero attached hydrogens (tertiary/aromatic N) is 2. The van der Waals surface area contributed by atoms with E-state index in [-0.39, 0.29) is 18.3 Å². The quantitative estimate of drug-likeness (QED) is 0.785. The predicted octanol–water partition coefficient (Wildman–Crippen LogP) is 1.70. The minimum atomic E-state index is -0.645. The van der Waals surface area contributed by atoms with Gasteiger partial charge in [0.1, 0.15) is 0 Å². The minimum absolute atomic E-state index is 0.140. The Hall–Kier alpha value is -2.70. The molecule has 0 saturated heterocycles. The molecule has 0 spiro atoms. The third-order valence-corrected chi connectivity index (χ3v) is 2.44. The van der Waals surface area contributed by atoms with E-state index in [2.05, 4.69) is 14.9 Å². The topological polar surface area (TPSA) is 91.5 Å². The molecule has 0 bridgehead atoms. The highest BCUT2D eigenvalue weighted by Crippen LogP contribution is 2.18. The highest BCUT2D eigenvalue weighted by Gasteiger charge is 2.16. The number of carbonyl (C=O) groups is 2. The molecule has 0 aliphatic rings. The summed E-state index contributed by atoms with van der Waals surface area (Å²) in [6.07, 6.45) is 0. The van der Waals surface area contributed by atoms with Gasteiger partial charge in [-0.05, 0) is 36.3 Å². The maximum absolute atomic E-state index is 11.4. The summed E-state index contributed by atoms with van der Waals surface area (Å²) < 4.78 is 14.3. The summed E-state index contributed by atoms with van der Waals surface area (Å²) in [5.74, 6) is -1.05. The number of hydrogen-bond donors (Lipinski definition) is 0. The van der Waals surface area contributed by atoms with Crippen LogP contribution >= 0.6 is 0 Å². The predicted molar refractivity (Wildman–Crippen MR) is 67.0 cm³/mol. The Morgan fingerprint density at radius 2 is 1.90 bits per heavy atom. The molecule has 20 heavy (non-hydrogen) atoms. The largest absolute Gasteiger partial charge is 0.465 e. The lowest BCUT2D eigenvalue weighted by Crippen LogP contribution is -2.06. The summed E-state index contributed by atoms with van der Waals surface area (Å²) >= 11 is 0.